The largest absolute Gasteiger partial charge is 0.473 e. The molecular formula is C21H20ClN3O. The zero-order valence-corrected chi connectivity index (χ0v) is 15.4. The summed E-state index contributed by atoms with van der Waals surface area (Å²) in [6.07, 6.45) is 6.05. The minimum Gasteiger partial charge on any atom is -0.473 e. The van der Waals surface area contributed by atoms with Crippen LogP contribution < -0.4 is 9.64 Å². The van der Waals surface area contributed by atoms with E-state index in [1.807, 2.05) is 18.5 Å². The van der Waals surface area contributed by atoms with Gasteiger partial charge in [0.15, 0.2) is 0 Å². The molecule has 4 rings (SSSR count). The first-order chi connectivity index (χ1) is 12.7. The fourth-order valence-corrected chi connectivity index (χ4v) is 3.47. The van der Waals surface area contributed by atoms with Gasteiger partial charge in [-0.05, 0) is 48.2 Å². The van der Waals surface area contributed by atoms with Crippen LogP contribution in [0.2, 0.25) is 5.15 Å². The molecular weight excluding hydrogens is 346 g/mol. The van der Waals surface area contributed by atoms with Crippen molar-refractivity contribution in [2.75, 3.05) is 18.5 Å². The number of pyridine rings is 2. The third kappa shape index (κ3) is 3.65. The van der Waals surface area contributed by atoms with Crippen molar-refractivity contribution in [1.29, 1.82) is 0 Å². The molecule has 0 spiro atoms. The van der Waals surface area contributed by atoms with Crippen LogP contribution in [0.15, 0.2) is 54.9 Å². The Labute approximate surface area is 158 Å². The van der Waals surface area contributed by atoms with Crippen molar-refractivity contribution >= 4 is 17.3 Å². The molecule has 1 aliphatic heterocycles. The summed E-state index contributed by atoms with van der Waals surface area (Å²) in [6.45, 7) is 1.53. The Hall–Kier alpha value is -2.59. The van der Waals surface area contributed by atoms with Crippen molar-refractivity contribution in [3.05, 3.63) is 71.1 Å². The minimum atomic E-state index is 0.405. The number of ether oxygens (including phenoxy) is 1. The van der Waals surface area contributed by atoms with Crippen LogP contribution in [0, 0.1) is 0 Å². The molecule has 0 N–H and O–H groups in total. The molecule has 0 unspecified atom stereocenters. The number of hydrogen-bond donors (Lipinski definition) is 0. The van der Waals surface area contributed by atoms with Gasteiger partial charge in [-0.2, -0.15) is 0 Å². The Bertz CT molecular complexity index is 929. The number of aromatic nitrogens is 2. The van der Waals surface area contributed by atoms with Crippen molar-refractivity contribution < 1.29 is 4.74 Å². The molecule has 0 bridgehead atoms. The topological polar surface area (TPSA) is 38.2 Å². The summed E-state index contributed by atoms with van der Waals surface area (Å²) < 4.78 is 5.73. The molecule has 132 valence electrons. The summed E-state index contributed by atoms with van der Waals surface area (Å²) in [4.78, 5) is 10.8. The maximum atomic E-state index is 5.89. The van der Waals surface area contributed by atoms with Gasteiger partial charge in [0.05, 0.1) is 0 Å². The summed E-state index contributed by atoms with van der Waals surface area (Å²) in [7, 11) is 2.15. The van der Waals surface area contributed by atoms with E-state index in [-0.39, 0.29) is 0 Å². The quantitative estimate of drug-likeness (QED) is 0.625. The Morgan fingerprint density at radius 1 is 1.12 bits per heavy atom. The second kappa shape index (κ2) is 7.34. The highest BCUT2D eigenvalue weighted by Gasteiger charge is 2.14. The lowest BCUT2D eigenvalue weighted by Crippen LogP contribution is -2.24. The summed E-state index contributed by atoms with van der Waals surface area (Å²) in [6, 6.07) is 14.1. The van der Waals surface area contributed by atoms with E-state index in [0.717, 1.165) is 24.1 Å². The third-order valence-corrected chi connectivity index (χ3v) is 4.85. The lowest BCUT2D eigenvalue weighted by atomic mass is 9.97. The molecule has 0 fully saturated rings. The van der Waals surface area contributed by atoms with Crippen LogP contribution in [0.1, 0.15) is 17.5 Å². The molecule has 3 heterocycles. The number of benzene rings is 1. The molecule has 0 amide bonds. The van der Waals surface area contributed by atoms with Gasteiger partial charge in [0.1, 0.15) is 11.8 Å². The molecule has 1 aromatic carbocycles. The Kier molecular flexibility index (Phi) is 4.76. The standard InChI is InChI=1S/C21H20ClN3O/c1-25-9-3-4-17-11-16(7-8-19(17)25)18-10-15(12-23-13-18)14-26-21-6-2-5-20(22)24-21/h2,5-8,10-13H,3-4,9,14H2,1H3. The van der Waals surface area contributed by atoms with Crippen LogP contribution in [0.25, 0.3) is 11.1 Å². The average Bonchev–Trinajstić information content (AvgIpc) is 2.67. The van der Waals surface area contributed by atoms with Gasteiger partial charge in [0, 0.05) is 48.9 Å². The molecule has 0 atom stereocenters. The summed E-state index contributed by atoms with van der Waals surface area (Å²) in [5.74, 6) is 0.514. The van der Waals surface area contributed by atoms with Crippen molar-refractivity contribution in [2.45, 2.75) is 19.4 Å². The Morgan fingerprint density at radius 3 is 2.92 bits per heavy atom. The maximum absolute atomic E-state index is 5.89. The van der Waals surface area contributed by atoms with Crippen molar-refractivity contribution in [3.63, 3.8) is 0 Å². The van der Waals surface area contributed by atoms with Gasteiger partial charge >= 0.3 is 0 Å². The van der Waals surface area contributed by atoms with Gasteiger partial charge in [-0.15, -0.1) is 0 Å². The van der Waals surface area contributed by atoms with Gasteiger partial charge in [0.25, 0.3) is 0 Å². The zero-order valence-electron chi connectivity index (χ0n) is 14.7. The number of aryl methyl sites for hydroxylation is 1. The number of rotatable bonds is 4. The number of halogens is 1. The second-order valence-corrected chi connectivity index (χ2v) is 6.92. The highest BCUT2D eigenvalue weighted by Crippen LogP contribution is 2.31. The van der Waals surface area contributed by atoms with E-state index in [2.05, 4.69) is 46.2 Å². The van der Waals surface area contributed by atoms with Gasteiger partial charge in [-0.25, -0.2) is 4.98 Å². The molecule has 4 nitrogen and oxygen atoms in total. The lowest BCUT2D eigenvalue weighted by Gasteiger charge is -2.27. The zero-order chi connectivity index (χ0) is 17.9. The predicted octanol–water partition coefficient (Wildman–Crippen LogP) is 4.76. The van der Waals surface area contributed by atoms with E-state index in [1.165, 1.54) is 23.2 Å². The molecule has 5 heteroatoms. The van der Waals surface area contributed by atoms with Gasteiger partial charge in [-0.3, -0.25) is 4.98 Å². The van der Waals surface area contributed by atoms with Gasteiger partial charge in [0.2, 0.25) is 5.88 Å². The van der Waals surface area contributed by atoms with Gasteiger partial charge in [-0.1, -0.05) is 23.7 Å². The maximum Gasteiger partial charge on any atom is 0.214 e. The van der Waals surface area contributed by atoms with E-state index in [0.29, 0.717) is 17.6 Å². The third-order valence-electron chi connectivity index (χ3n) is 4.63. The van der Waals surface area contributed by atoms with Crippen LogP contribution in [-0.2, 0) is 13.0 Å². The van der Waals surface area contributed by atoms with Crippen LogP contribution in [-0.4, -0.2) is 23.6 Å². The normalized spacial score (nSPS) is 13.4. The summed E-state index contributed by atoms with van der Waals surface area (Å²) in [5, 5.41) is 0.424. The Morgan fingerprint density at radius 2 is 2.04 bits per heavy atom. The SMILES string of the molecule is CN1CCCc2cc(-c3cncc(COc4cccc(Cl)n4)c3)ccc21. The number of hydrogen-bond acceptors (Lipinski definition) is 4. The molecule has 0 radical (unpaired) electrons. The van der Waals surface area contributed by atoms with Gasteiger partial charge < -0.3 is 9.64 Å². The number of fused-ring (bicyclic) bond motifs is 1. The molecule has 1 aliphatic rings. The van der Waals surface area contributed by atoms with Crippen molar-refractivity contribution in [2.24, 2.45) is 0 Å². The first kappa shape index (κ1) is 16.9. The molecule has 3 aromatic rings. The second-order valence-electron chi connectivity index (χ2n) is 6.54. The fraction of sp³-hybridized carbons (Fsp3) is 0.238. The summed E-state index contributed by atoms with van der Waals surface area (Å²) >= 11 is 5.89. The minimum absolute atomic E-state index is 0.405. The molecule has 0 aliphatic carbocycles. The van der Waals surface area contributed by atoms with E-state index in [1.54, 1.807) is 12.1 Å². The van der Waals surface area contributed by atoms with Crippen LogP contribution >= 0.6 is 11.6 Å². The predicted molar refractivity (Wildman–Crippen MR) is 105 cm³/mol. The van der Waals surface area contributed by atoms with Crippen molar-refractivity contribution in [1.82, 2.24) is 9.97 Å². The van der Waals surface area contributed by atoms with E-state index < -0.39 is 0 Å². The molecule has 2 aromatic heterocycles. The highest BCUT2D eigenvalue weighted by atomic mass is 35.5. The molecule has 0 saturated carbocycles. The van der Waals surface area contributed by atoms with E-state index >= 15 is 0 Å². The van der Waals surface area contributed by atoms with Crippen LogP contribution in [0.4, 0.5) is 5.69 Å². The lowest BCUT2D eigenvalue weighted by molar-refractivity contribution is 0.293. The Balaban J connectivity index is 1.54. The van der Waals surface area contributed by atoms with Crippen LogP contribution in [0.5, 0.6) is 5.88 Å². The molecule has 0 saturated heterocycles. The monoisotopic (exact) mass is 365 g/mol. The van der Waals surface area contributed by atoms with Crippen LogP contribution in [0.3, 0.4) is 0 Å². The number of anilines is 1. The van der Waals surface area contributed by atoms with Crippen molar-refractivity contribution in [3.8, 4) is 17.0 Å². The van der Waals surface area contributed by atoms with E-state index in [9.17, 15) is 0 Å². The first-order valence-electron chi connectivity index (χ1n) is 8.73. The first-order valence-corrected chi connectivity index (χ1v) is 9.10. The fourth-order valence-electron chi connectivity index (χ4n) is 3.32. The molecule has 26 heavy (non-hydrogen) atoms. The smallest absolute Gasteiger partial charge is 0.214 e. The average molecular weight is 366 g/mol. The highest BCUT2D eigenvalue weighted by molar-refractivity contribution is 6.29. The summed E-state index contributed by atoms with van der Waals surface area (Å²) in [5.41, 5.74) is 6.02. The van der Waals surface area contributed by atoms with E-state index in [4.69, 9.17) is 16.3 Å². The number of nitrogens with zero attached hydrogens (tertiary/aromatic N) is 3.